The number of nitrogens with one attached hydrogen (secondary N) is 1. The third-order valence-corrected chi connectivity index (χ3v) is 4.15. The van der Waals surface area contributed by atoms with Gasteiger partial charge in [-0.1, -0.05) is 19.9 Å². The van der Waals surface area contributed by atoms with Crippen molar-refractivity contribution in [2.75, 3.05) is 0 Å². The van der Waals surface area contributed by atoms with Gasteiger partial charge >= 0.3 is 0 Å². The number of carbonyl (C=O) groups is 1. The number of hydrogen-bond donors (Lipinski definition) is 1. The molecular weight excluding hydrogens is 236 g/mol. The van der Waals surface area contributed by atoms with E-state index in [1.165, 1.54) is 12.8 Å². The van der Waals surface area contributed by atoms with Gasteiger partial charge < -0.3 is 5.32 Å². The van der Waals surface area contributed by atoms with Gasteiger partial charge in [0.1, 0.15) is 0 Å². The zero-order valence-corrected chi connectivity index (χ0v) is 11.9. The molecule has 0 atom stereocenters. The second-order valence-electron chi connectivity index (χ2n) is 5.92. The molecule has 1 aliphatic rings. The molecule has 1 amide bonds. The van der Waals surface area contributed by atoms with Crippen molar-refractivity contribution in [3.05, 3.63) is 30.1 Å². The van der Waals surface area contributed by atoms with E-state index in [0.717, 1.165) is 30.4 Å². The lowest BCUT2D eigenvalue weighted by molar-refractivity contribution is -0.121. The molecule has 3 nitrogen and oxygen atoms in total. The summed E-state index contributed by atoms with van der Waals surface area (Å²) in [5.74, 6) is 1.71. The van der Waals surface area contributed by atoms with Crippen LogP contribution in [0.5, 0.6) is 0 Å². The minimum Gasteiger partial charge on any atom is -0.353 e. The maximum atomic E-state index is 11.9. The second kappa shape index (κ2) is 6.69. The summed E-state index contributed by atoms with van der Waals surface area (Å²) in [6.45, 7) is 4.59. The van der Waals surface area contributed by atoms with Gasteiger partial charge in [-0.3, -0.25) is 9.78 Å². The molecule has 19 heavy (non-hydrogen) atoms. The van der Waals surface area contributed by atoms with Crippen molar-refractivity contribution < 1.29 is 4.79 Å². The Balaban J connectivity index is 1.75. The number of carbonyl (C=O) groups excluding carboxylic acids is 1. The molecule has 2 rings (SSSR count). The molecule has 1 fully saturated rings. The Morgan fingerprint density at radius 3 is 2.63 bits per heavy atom. The zero-order valence-electron chi connectivity index (χ0n) is 11.9. The van der Waals surface area contributed by atoms with E-state index in [0.29, 0.717) is 12.5 Å². The summed E-state index contributed by atoms with van der Waals surface area (Å²) in [6, 6.07) is 6.05. The van der Waals surface area contributed by atoms with E-state index in [-0.39, 0.29) is 5.91 Å². The number of nitrogens with zero attached hydrogens (tertiary/aromatic N) is 1. The Morgan fingerprint density at radius 2 is 2.05 bits per heavy atom. The van der Waals surface area contributed by atoms with E-state index >= 15 is 0 Å². The minimum atomic E-state index is 0.103. The summed E-state index contributed by atoms with van der Waals surface area (Å²) in [5, 5.41) is 3.15. The van der Waals surface area contributed by atoms with Gasteiger partial charge in [0.2, 0.25) is 5.91 Å². The first-order chi connectivity index (χ1) is 9.15. The Bertz CT molecular complexity index is 394. The van der Waals surface area contributed by atoms with Gasteiger partial charge in [0.15, 0.2) is 0 Å². The Kier molecular flexibility index (Phi) is 4.94. The second-order valence-corrected chi connectivity index (χ2v) is 5.92. The summed E-state index contributed by atoms with van der Waals surface area (Å²) >= 11 is 0. The molecule has 3 heteroatoms. The van der Waals surface area contributed by atoms with Crippen molar-refractivity contribution in [3.63, 3.8) is 0 Å². The highest BCUT2D eigenvalue weighted by atomic mass is 16.1. The van der Waals surface area contributed by atoms with Gasteiger partial charge in [-0.15, -0.1) is 0 Å². The van der Waals surface area contributed by atoms with Gasteiger partial charge in [-0.25, -0.2) is 0 Å². The van der Waals surface area contributed by atoms with Crippen LogP contribution in [0.25, 0.3) is 0 Å². The molecule has 1 aliphatic carbocycles. The minimum absolute atomic E-state index is 0.103. The van der Waals surface area contributed by atoms with Gasteiger partial charge in [0.05, 0.1) is 6.42 Å². The van der Waals surface area contributed by atoms with E-state index < -0.39 is 0 Å². The van der Waals surface area contributed by atoms with Crippen LogP contribution in [0.2, 0.25) is 0 Å². The average Bonchev–Trinajstić information content (AvgIpc) is 2.40. The Labute approximate surface area is 115 Å². The van der Waals surface area contributed by atoms with Crippen molar-refractivity contribution >= 4 is 5.91 Å². The summed E-state index contributed by atoms with van der Waals surface area (Å²) in [4.78, 5) is 16.1. The molecule has 1 aromatic heterocycles. The number of hydrogen-bond acceptors (Lipinski definition) is 2. The molecule has 0 saturated heterocycles. The Hall–Kier alpha value is -1.38. The molecule has 0 unspecified atom stereocenters. The molecule has 1 saturated carbocycles. The molecule has 1 N–H and O–H groups in total. The highest BCUT2D eigenvalue weighted by molar-refractivity contribution is 5.78. The SMILES string of the molecule is CC(C)C1CCC(NC(=O)Cc2ccccn2)CC1. The lowest BCUT2D eigenvalue weighted by Gasteiger charge is -2.31. The fourth-order valence-corrected chi connectivity index (χ4v) is 2.88. The first kappa shape index (κ1) is 14.0. The first-order valence-corrected chi connectivity index (χ1v) is 7.34. The van der Waals surface area contributed by atoms with Gasteiger partial charge in [0.25, 0.3) is 0 Å². The summed E-state index contributed by atoms with van der Waals surface area (Å²) in [5.41, 5.74) is 0.843. The smallest absolute Gasteiger partial charge is 0.226 e. The van der Waals surface area contributed by atoms with Crippen molar-refractivity contribution in [1.29, 1.82) is 0 Å². The normalized spacial score (nSPS) is 23.3. The highest BCUT2D eigenvalue weighted by Crippen LogP contribution is 2.29. The molecular formula is C16H24N2O. The van der Waals surface area contributed by atoms with Crippen molar-refractivity contribution in [1.82, 2.24) is 10.3 Å². The molecule has 0 radical (unpaired) electrons. The molecule has 0 aliphatic heterocycles. The lowest BCUT2D eigenvalue weighted by Crippen LogP contribution is -2.39. The molecule has 1 aromatic rings. The molecule has 104 valence electrons. The van der Waals surface area contributed by atoms with Crippen molar-refractivity contribution in [2.45, 2.75) is 52.0 Å². The number of amides is 1. The van der Waals surface area contributed by atoms with Crippen LogP contribution in [0, 0.1) is 11.8 Å². The van der Waals surface area contributed by atoms with E-state index in [2.05, 4.69) is 24.1 Å². The van der Waals surface area contributed by atoms with Crippen molar-refractivity contribution in [3.8, 4) is 0 Å². The standard InChI is InChI=1S/C16H24N2O/c1-12(2)13-6-8-14(9-7-13)18-16(19)11-15-5-3-4-10-17-15/h3-5,10,12-14H,6-9,11H2,1-2H3,(H,18,19). The van der Waals surface area contributed by atoms with Crippen LogP contribution < -0.4 is 5.32 Å². The quantitative estimate of drug-likeness (QED) is 0.904. The predicted octanol–water partition coefficient (Wildman–Crippen LogP) is 2.96. The molecule has 0 aromatic carbocycles. The molecule has 0 bridgehead atoms. The summed E-state index contributed by atoms with van der Waals surface area (Å²) < 4.78 is 0. The fraction of sp³-hybridized carbons (Fsp3) is 0.625. The molecule has 0 spiro atoms. The first-order valence-electron chi connectivity index (χ1n) is 7.34. The van der Waals surface area contributed by atoms with Crippen LogP contribution in [0.15, 0.2) is 24.4 Å². The highest BCUT2D eigenvalue weighted by Gasteiger charge is 2.24. The molecule has 1 heterocycles. The maximum absolute atomic E-state index is 11.9. The van der Waals surface area contributed by atoms with Gasteiger partial charge in [0, 0.05) is 17.9 Å². The summed E-state index contributed by atoms with van der Waals surface area (Å²) in [6.07, 6.45) is 6.85. The fourth-order valence-electron chi connectivity index (χ4n) is 2.88. The van der Waals surface area contributed by atoms with E-state index in [1.807, 2.05) is 18.2 Å². The van der Waals surface area contributed by atoms with E-state index in [1.54, 1.807) is 6.20 Å². The third-order valence-electron chi connectivity index (χ3n) is 4.15. The van der Waals surface area contributed by atoms with Crippen LogP contribution in [-0.2, 0) is 11.2 Å². The van der Waals surface area contributed by atoms with Crippen LogP contribution >= 0.6 is 0 Å². The lowest BCUT2D eigenvalue weighted by atomic mass is 9.79. The van der Waals surface area contributed by atoms with E-state index in [4.69, 9.17) is 0 Å². The van der Waals surface area contributed by atoms with Crippen molar-refractivity contribution in [2.24, 2.45) is 11.8 Å². The Morgan fingerprint density at radius 1 is 1.32 bits per heavy atom. The van der Waals surface area contributed by atoms with Crippen LogP contribution in [-0.4, -0.2) is 16.9 Å². The topological polar surface area (TPSA) is 42.0 Å². The maximum Gasteiger partial charge on any atom is 0.226 e. The third kappa shape index (κ3) is 4.34. The number of aromatic nitrogens is 1. The van der Waals surface area contributed by atoms with Crippen LogP contribution in [0.3, 0.4) is 0 Å². The van der Waals surface area contributed by atoms with Crippen LogP contribution in [0.1, 0.15) is 45.2 Å². The van der Waals surface area contributed by atoms with E-state index in [9.17, 15) is 4.79 Å². The largest absolute Gasteiger partial charge is 0.353 e. The number of rotatable bonds is 4. The average molecular weight is 260 g/mol. The van der Waals surface area contributed by atoms with Crippen LogP contribution in [0.4, 0.5) is 0 Å². The zero-order chi connectivity index (χ0) is 13.7. The number of pyridine rings is 1. The predicted molar refractivity (Wildman–Crippen MR) is 76.7 cm³/mol. The van der Waals surface area contributed by atoms with Gasteiger partial charge in [-0.2, -0.15) is 0 Å². The summed E-state index contributed by atoms with van der Waals surface area (Å²) in [7, 11) is 0. The monoisotopic (exact) mass is 260 g/mol. The van der Waals surface area contributed by atoms with Gasteiger partial charge in [-0.05, 0) is 49.7 Å².